The van der Waals surface area contributed by atoms with Crippen LogP contribution in [0.1, 0.15) is 25.7 Å². The second-order valence-corrected chi connectivity index (χ2v) is 6.63. The fourth-order valence-corrected chi connectivity index (χ4v) is 4.53. The van der Waals surface area contributed by atoms with Crippen LogP contribution in [0.25, 0.3) is 0 Å². The quantitative estimate of drug-likeness (QED) is 0.789. The van der Waals surface area contributed by atoms with Crippen LogP contribution in [0.4, 0.5) is 5.82 Å². The molecule has 2 rings (SSSR count). The highest BCUT2D eigenvalue weighted by molar-refractivity contribution is 7.89. The number of aliphatic hydroxyl groups is 1. The van der Waals surface area contributed by atoms with E-state index in [2.05, 4.69) is 4.98 Å². The molecule has 0 amide bonds. The Balaban J connectivity index is 2.39. The van der Waals surface area contributed by atoms with Crippen molar-refractivity contribution in [3.63, 3.8) is 0 Å². The fraction of sp³-hybridized carbons (Fsp3) is 0.727. The molecule has 8 heteroatoms. The molecule has 1 aliphatic rings. The zero-order valence-corrected chi connectivity index (χ0v) is 11.8. The Hall–Kier alpha value is -1.12. The van der Waals surface area contributed by atoms with Gasteiger partial charge in [-0.2, -0.15) is 4.31 Å². The molecule has 1 aromatic rings. The normalized spacial score (nSPS) is 17.4. The molecule has 1 saturated carbocycles. The van der Waals surface area contributed by atoms with Crippen LogP contribution >= 0.6 is 0 Å². The number of rotatable bonds is 5. The molecular weight excluding hydrogens is 268 g/mol. The van der Waals surface area contributed by atoms with Gasteiger partial charge in [0.05, 0.1) is 12.9 Å². The van der Waals surface area contributed by atoms with Crippen LogP contribution in [-0.2, 0) is 17.1 Å². The number of aryl methyl sites for hydroxylation is 1. The first-order chi connectivity index (χ1) is 8.98. The van der Waals surface area contributed by atoms with Crippen molar-refractivity contribution in [2.24, 2.45) is 7.05 Å². The molecule has 0 radical (unpaired) electrons. The van der Waals surface area contributed by atoms with E-state index in [1.807, 2.05) is 0 Å². The van der Waals surface area contributed by atoms with Gasteiger partial charge in [-0.25, -0.2) is 13.4 Å². The second-order valence-electron chi connectivity index (χ2n) is 4.82. The number of hydrogen-bond donors (Lipinski definition) is 2. The largest absolute Gasteiger partial charge is 0.395 e. The van der Waals surface area contributed by atoms with Crippen LogP contribution in [0, 0.1) is 0 Å². The third-order valence-electron chi connectivity index (χ3n) is 3.51. The molecule has 3 N–H and O–H groups in total. The number of aliphatic hydroxyl groups excluding tert-OH is 1. The maximum absolute atomic E-state index is 12.7. The Kier molecular flexibility index (Phi) is 4.12. The summed E-state index contributed by atoms with van der Waals surface area (Å²) < 4.78 is 28.1. The molecule has 1 aliphatic carbocycles. The molecule has 0 bridgehead atoms. The van der Waals surface area contributed by atoms with Crippen LogP contribution < -0.4 is 5.73 Å². The maximum Gasteiger partial charge on any atom is 0.262 e. The number of sulfonamides is 1. The Labute approximate surface area is 113 Å². The van der Waals surface area contributed by atoms with Gasteiger partial charge in [0.1, 0.15) is 0 Å². The number of nitrogens with two attached hydrogens (primary N) is 1. The number of nitrogen functional groups attached to an aromatic ring is 1. The summed E-state index contributed by atoms with van der Waals surface area (Å²) in [6.07, 6.45) is 5.08. The van der Waals surface area contributed by atoms with Gasteiger partial charge in [0.25, 0.3) is 10.0 Å². The molecule has 108 valence electrons. The van der Waals surface area contributed by atoms with Crippen molar-refractivity contribution in [3.05, 3.63) is 6.33 Å². The Morgan fingerprint density at radius 1 is 1.53 bits per heavy atom. The minimum absolute atomic E-state index is 0.00318. The van der Waals surface area contributed by atoms with E-state index >= 15 is 0 Å². The number of aromatic nitrogens is 2. The lowest BCUT2D eigenvalue weighted by atomic mass is 10.2. The van der Waals surface area contributed by atoms with Crippen molar-refractivity contribution in [2.45, 2.75) is 36.8 Å². The molecule has 1 fully saturated rings. The summed E-state index contributed by atoms with van der Waals surface area (Å²) in [7, 11) is -2.12. The van der Waals surface area contributed by atoms with Gasteiger partial charge in [0.2, 0.25) is 0 Å². The van der Waals surface area contributed by atoms with Crippen molar-refractivity contribution in [2.75, 3.05) is 18.9 Å². The topological polar surface area (TPSA) is 101 Å². The lowest BCUT2D eigenvalue weighted by Crippen LogP contribution is -2.41. The van der Waals surface area contributed by atoms with Crippen LogP contribution in [0.15, 0.2) is 11.4 Å². The maximum atomic E-state index is 12.7. The van der Waals surface area contributed by atoms with Gasteiger partial charge >= 0.3 is 0 Å². The number of nitrogens with zero attached hydrogens (tertiary/aromatic N) is 3. The summed E-state index contributed by atoms with van der Waals surface area (Å²) in [5.74, 6) is 0.00318. The van der Waals surface area contributed by atoms with E-state index in [-0.39, 0.29) is 30.0 Å². The van der Waals surface area contributed by atoms with Gasteiger partial charge in [-0.15, -0.1) is 0 Å². The predicted molar refractivity (Wildman–Crippen MR) is 70.9 cm³/mol. The summed E-state index contributed by atoms with van der Waals surface area (Å²) in [6.45, 7) is -0.106. The van der Waals surface area contributed by atoms with Gasteiger partial charge < -0.3 is 15.4 Å². The van der Waals surface area contributed by atoms with Gasteiger partial charge in [-0.05, 0) is 12.8 Å². The Morgan fingerprint density at radius 3 is 2.63 bits per heavy atom. The van der Waals surface area contributed by atoms with Gasteiger partial charge in [-0.1, -0.05) is 12.8 Å². The third-order valence-corrected chi connectivity index (χ3v) is 5.60. The summed E-state index contributed by atoms with van der Waals surface area (Å²) >= 11 is 0. The summed E-state index contributed by atoms with van der Waals surface area (Å²) in [5, 5.41) is 9.14. The average Bonchev–Trinajstić information content (AvgIpc) is 2.96. The van der Waals surface area contributed by atoms with Crippen molar-refractivity contribution in [3.8, 4) is 0 Å². The minimum Gasteiger partial charge on any atom is -0.395 e. The van der Waals surface area contributed by atoms with Gasteiger partial charge in [0, 0.05) is 19.6 Å². The molecule has 1 aromatic heterocycles. The molecular formula is C11H20N4O3S. The fourth-order valence-electron chi connectivity index (χ4n) is 2.65. The second kappa shape index (κ2) is 5.48. The van der Waals surface area contributed by atoms with E-state index in [9.17, 15) is 8.42 Å². The van der Waals surface area contributed by atoms with Crippen LogP contribution in [0.3, 0.4) is 0 Å². The van der Waals surface area contributed by atoms with Crippen molar-refractivity contribution in [1.29, 1.82) is 0 Å². The van der Waals surface area contributed by atoms with Crippen molar-refractivity contribution in [1.82, 2.24) is 13.9 Å². The van der Waals surface area contributed by atoms with Crippen molar-refractivity contribution < 1.29 is 13.5 Å². The average molecular weight is 288 g/mol. The van der Waals surface area contributed by atoms with Crippen molar-refractivity contribution >= 4 is 15.8 Å². The van der Waals surface area contributed by atoms with E-state index in [0.29, 0.717) is 0 Å². The third kappa shape index (κ3) is 2.60. The Morgan fingerprint density at radius 2 is 2.16 bits per heavy atom. The van der Waals surface area contributed by atoms with Crippen LogP contribution in [0.5, 0.6) is 0 Å². The van der Waals surface area contributed by atoms with E-state index < -0.39 is 10.0 Å². The SMILES string of the molecule is Cn1cnc(N)c1S(=O)(=O)N(CCO)C1CCCC1. The molecule has 0 spiro atoms. The number of imidazole rings is 1. The van der Waals surface area contributed by atoms with Gasteiger partial charge in [-0.3, -0.25) is 0 Å². The molecule has 7 nitrogen and oxygen atoms in total. The molecule has 1 heterocycles. The van der Waals surface area contributed by atoms with Crippen LogP contribution in [0.2, 0.25) is 0 Å². The molecule has 0 aliphatic heterocycles. The monoisotopic (exact) mass is 288 g/mol. The lowest BCUT2D eigenvalue weighted by Gasteiger charge is -2.27. The smallest absolute Gasteiger partial charge is 0.262 e. The summed E-state index contributed by atoms with van der Waals surface area (Å²) in [5.41, 5.74) is 5.66. The molecule has 0 atom stereocenters. The standard InChI is InChI=1S/C11H20N4O3S/c1-14-8-13-10(12)11(14)19(17,18)15(6-7-16)9-4-2-3-5-9/h8-9,16H,2-7,12H2,1H3. The summed E-state index contributed by atoms with van der Waals surface area (Å²) in [4.78, 5) is 3.82. The Bertz CT molecular complexity index is 515. The zero-order chi connectivity index (χ0) is 14.0. The van der Waals surface area contributed by atoms with Crippen LogP contribution in [-0.4, -0.2) is 46.6 Å². The molecule has 0 saturated heterocycles. The first-order valence-corrected chi connectivity index (χ1v) is 7.82. The van der Waals surface area contributed by atoms with E-state index in [1.54, 1.807) is 7.05 Å². The number of anilines is 1. The van der Waals surface area contributed by atoms with E-state index in [4.69, 9.17) is 10.8 Å². The van der Waals surface area contributed by atoms with E-state index in [1.165, 1.54) is 15.2 Å². The first-order valence-electron chi connectivity index (χ1n) is 6.38. The highest BCUT2D eigenvalue weighted by Crippen LogP contribution is 2.29. The molecule has 0 aromatic carbocycles. The minimum atomic E-state index is -3.72. The lowest BCUT2D eigenvalue weighted by molar-refractivity contribution is 0.226. The van der Waals surface area contributed by atoms with Gasteiger partial charge in [0.15, 0.2) is 10.8 Å². The highest BCUT2D eigenvalue weighted by atomic mass is 32.2. The molecule has 0 unspecified atom stereocenters. The summed E-state index contributed by atoms with van der Waals surface area (Å²) in [6, 6.07) is -0.0496. The zero-order valence-electron chi connectivity index (χ0n) is 11.0. The molecule has 19 heavy (non-hydrogen) atoms. The first kappa shape index (κ1) is 14.3. The van der Waals surface area contributed by atoms with E-state index in [0.717, 1.165) is 25.7 Å². The predicted octanol–water partition coefficient (Wildman–Crippen LogP) is -0.0721. The highest BCUT2D eigenvalue weighted by Gasteiger charge is 2.35. The number of hydrogen-bond acceptors (Lipinski definition) is 5.